The average Bonchev–Trinajstić information content (AvgIpc) is 0.761. The van der Waals surface area contributed by atoms with Gasteiger partial charge in [0.1, 0.15) is 34.5 Å². The predicted octanol–water partition coefficient (Wildman–Crippen LogP) is 27.7. The highest BCUT2D eigenvalue weighted by Crippen LogP contribution is 2.46. The van der Waals surface area contributed by atoms with Gasteiger partial charge in [0.15, 0.2) is 0 Å². The van der Waals surface area contributed by atoms with Gasteiger partial charge < -0.3 is 28.4 Å². The SMILES string of the molecule is CCCCCC[C@H](C)Oc1c(C)cc(-c2cc(C)c(OCCCCCCCCCCCCOc3ccc4ccccc4c3-c3c(OCCCCCCCCCCCCOc4c(C)cc(-c5cc(C)c(O[C@@H](C)CCCCCC)c(C)c5)cc4C)ccc4ccccc34)c(C)c2)cc1C. The minimum absolute atomic E-state index is 0.229. The number of benzene rings is 8. The van der Waals surface area contributed by atoms with Crippen LogP contribution in [0.1, 0.15) is 265 Å². The van der Waals surface area contributed by atoms with E-state index in [1.807, 2.05) is 0 Å². The van der Waals surface area contributed by atoms with Gasteiger partial charge in [-0.25, -0.2) is 0 Å². The summed E-state index contributed by atoms with van der Waals surface area (Å²) >= 11 is 0. The summed E-state index contributed by atoms with van der Waals surface area (Å²) in [6.45, 7) is 29.4. The largest absolute Gasteiger partial charge is 0.493 e. The van der Waals surface area contributed by atoms with Crippen molar-refractivity contribution >= 4 is 21.5 Å². The molecule has 0 aliphatic carbocycles. The third-order valence-electron chi connectivity index (χ3n) is 20.2. The second-order valence-corrected chi connectivity index (χ2v) is 29.1. The molecule has 0 aromatic heterocycles. The lowest BCUT2D eigenvalue weighted by Gasteiger charge is -2.20. The zero-order valence-electron chi connectivity index (χ0n) is 63.2. The minimum atomic E-state index is 0.229. The summed E-state index contributed by atoms with van der Waals surface area (Å²) in [6, 6.07) is 44.7. The lowest BCUT2D eigenvalue weighted by molar-refractivity contribution is 0.203. The normalized spacial score (nSPS) is 12.2. The molecule has 8 aromatic carbocycles. The third-order valence-corrected chi connectivity index (χ3v) is 20.2. The van der Waals surface area contributed by atoms with Crippen LogP contribution in [-0.4, -0.2) is 38.6 Å². The third kappa shape index (κ3) is 23.6. The van der Waals surface area contributed by atoms with Crippen LogP contribution in [0.2, 0.25) is 0 Å². The van der Waals surface area contributed by atoms with Gasteiger partial charge in [0.05, 0.1) is 38.6 Å². The summed E-state index contributed by atoms with van der Waals surface area (Å²) in [5, 5.41) is 4.83. The maximum atomic E-state index is 6.80. The van der Waals surface area contributed by atoms with Crippen LogP contribution in [0.4, 0.5) is 0 Å². The van der Waals surface area contributed by atoms with E-state index in [-0.39, 0.29) is 12.2 Å². The fourth-order valence-corrected chi connectivity index (χ4v) is 14.7. The number of aryl methyl sites for hydroxylation is 8. The van der Waals surface area contributed by atoms with Crippen molar-refractivity contribution in [2.75, 3.05) is 26.4 Å². The zero-order valence-corrected chi connectivity index (χ0v) is 63.2. The highest BCUT2D eigenvalue weighted by molar-refractivity contribution is 6.09. The molecule has 6 nitrogen and oxygen atoms in total. The molecule has 2 atom stereocenters. The molecule has 8 aromatic rings. The molecule has 0 aliphatic heterocycles. The summed E-state index contributed by atoms with van der Waals surface area (Å²) < 4.78 is 39.4. The van der Waals surface area contributed by atoms with Crippen molar-refractivity contribution in [3.05, 3.63) is 166 Å². The average molecular weight is 1330 g/mol. The molecule has 0 aliphatic rings. The topological polar surface area (TPSA) is 55.4 Å². The molecule has 6 heteroatoms. The van der Waals surface area contributed by atoms with E-state index in [4.69, 9.17) is 28.4 Å². The van der Waals surface area contributed by atoms with E-state index in [0.29, 0.717) is 13.2 Å². The van der Waals surface area contributed by atoms with Crippen LogP contribution in [0.3, 0.4) is 0 Å². The van der Waals surface area contributed by atoms with Gasteiger partial charge in [-0.15, -0.1) is 0 Å². The van der Waals surface area contributed by atoms with Crippen LogP contribution in [0, 0.1) is 55.4 Å². The van der Waals surface area contributed by atoms with E-state index < -0.39 is 0 Å². The second-order valence-electron chi connectivity index (χ2n) is 29.1. The standard InChI is InChI=1S/C92H126O6/c1-13-15-17-35-45-75(11)97-91-71(7)63-81(64-72(91)8)79-59-67(3)89(68(4)60-79)95-57-43-33-29-25-21-19-23-27-31-41-55-93-85-53-51-77-47-37-39-49-83(77)87(85)88-84-50-40-38-48-78(84)52-54-86(88)94-56-42-32-28-24-20-22-26-30-34-44-58-96-90-69(5)61-80(62-70(90)6)82-65-73(9)92(74(10)66-82)98-76(12)46-36-18-16-14-2/h37-40,47-54,59-66,75-76H,13-36,41-46,55-58H2,1-12H3/t75-,76-/m0/s1. The van der Waals surface area contributed by atoms with Gasteiger partial charge in [0.2, 0.25) is 0 Å². The van der Waals surface area contributed by atoms with E-state index in [1.165, 1.54) is 242 Å². The first kappa shape index (κ1) is 76.8. The molecule has 0 N–H and O–H groups in total. The molecule has 0 amide bonds. The molecule has 0 saturated heterocycles. The predicted molar refractivity (Wildman–Crippen MR) is 421 cm³/mol. The van der Waals surface area contributed by atoms with E-state index in [9.17, 15) is 0 Å². The van der Waals surface area contributed by atoms with Gasteiger partial charge in [-0.2, -0.15) is 0 Å². The van der Waals surface area contributed by atoms with Gasteiger partial charge >= 0.3 is 0 Å². The van der Waals surface area contributed by atoms with Crippen LogP contribution in [-0.2, 0) is 0 Å². The second kappa shape index (κ2) is 41.6. The molecule has 0 fully saturated rings. The van der Waals surface area contributed by atoms with E-state index in [2.05, 4.69) is 204 Å². The maximum Gasteiger partial charge on any atom is 0.127 e. The van der Waals surface area contributed by atoms with Gasteiger partial charge in [-0.1, -0.05) is 216 Å². The Hall–Kier alpha value is -6.92. The van der Waals surface area contributed by atoms with E-state index in [0.717, 1.165) is 97.4 Å². The number of fused-ring (bicyclic) bond motifs is 2. The summed E-state index contributed by atoms with van der Waals surface area (Å²) in [5.41, 5.74) is 16.9. The summed E-state index contributed by atoms with van der Waals surface area (Å²) in [5.74, 6) is 6.06. The summed E-state index contributed by atoms with van der Waals surface area (Å²) in [4.78, 5) is 0. The number of unbranched alkanes of at least 4 members (excludes halogenated alkanes) is 24. The Labute approximate surface area is 594 Å². The Bertz CT molecular complexity index is 3350. The fourth-order valence-electron chi connectivity index (χ4n) is 14.7. The van der Waals surface area contributed by atoms with Gasteiger partial charge in [0.25, 0.3) is 0 Å². The van der Waals surface area contributed by atoms with Crippen molar-refractivity contribution in [2.45, 2.75) is 288 Å². The first-order valence-corrected chi connectivity index (χ1v) is 39.1. The van der Waals surface area contributed by atoms with Gasteiger partial charge in [-0.3, -0.25) is 0 Å². The lowest BCUT2D eigenvalue weighted by atomic mass is 9.92. The Balaban J connectivity index is 0.691. The highest BCUT2D eigenvalue weighted by atomic mass is 16.5. The molecule has 530 valence electrons. The van der Waals surface area contributed by atoms with Crippen LogP contribution >= 0.6 is 0 Å². The van der Waals surface area contributed by atoms with Crippen LogP contribution in [0.5, 0.6) is 34.5 Å². The summed E-state index contributed by atoms with van der Waals surface area (Å²) in [7, 11) is 0. The smallest absolute Gasteiger partial charge is 0.127 e. The Kier molecular flexibility index (Phi) is 32.6. The van der Waals surface area contributed by atoms with E-state index >= 15 is 0 Å². The molecule has 0 bridgehead atoms. The Morgan fingerprint density at radius 2 is 0.520 bits per heavy atom. The summed E-state index contributed by atoms with van der Waals surface area (Å²) in [6.07, 6.45) is 37.3. The minimum Gasteiger partial charge on any atom is -0.493 e. The van der Waals surface area contributed by atoms with Crippen molar-refractivity contribution in [3.63, 3.8) is 0 Å². The van der Waals surface area contributed by atoms with Crippen LogP contribution < -0.4 is 28.4 Å². The van der Waals surface area contributed by atoms with Gasteiger partial charge in [-0.05, 0) is 270 Å². The van der Waals surface area contributed by atoms with E-state index in [1.54, 1.807) is 0 Å². The first-order chi connectivity index (χ1) is 47.7. The number of hydrogen-bond acceptors (Lipinski definition) is 6. The lowest BCUT2D eigenvalue weighted by Crippen LogP contribution is -2.13. The molecule has 0 radical (unpaired) electrons. The highest BCUT2D eigenvalue weighted by Gasteiger charge is 2.21. The molecule has 98 heavy (non-hydrogen) atoms. The molecule has 0 unspecified atom stereocenters. The number of ether oxygens (including phenoxy) is 6. The molecule has 0 heterocycles. The molecule has 0 saturated carbocycles. The van der Waals surface area contributed by atoms with Crippen molar-refractivity contribution in [1.82, 2.24) is 0 Å². The van der Waals surface area contributed by atoms with Crippen LogP contribution in [0.25, 0.3) is 54.9 Å². The quantitative estimate of drug-likeness (QED) is 0.0354. The Morgan fingerprint density at radius 1 is 0.265 bits per heavy atom. The fraction of sp³-hybridized carbons (Fsp3) is 0.522. The molecule has 0 spiro atoms. The number of hydrogen-bond donors (Lipinski definition) is 0. The van der Waals surface area contributed by atoms with Crippen molar-refractivity contribution in [3.8, 4) is 67.9 Å². The monoisotopic (exact) mass is 1330 g/mol. The number of rotatable bonds is 47. The van der Waals surface area contributed by atoms with Crippen molar-refractivity contribution < 1.29 is 28.4 Å². The maximum absolute atomic E-state index is 6.80. The zero-order chi connectivity index (χ0) is 69.4. The first-order valence-electron chi connectivity index (χ1n) is 39.1. The van der Waals surface area contributed by atoms with Crippen molar-refractivity contribution in [1.29, 1.82) is 0 Å². The molecule has 8 rings (SSSR count). The molecular weight excluding hydrogens is 1200 g/mol. The van der Waals surface area contributed by atoms with Crippen molar-refractivity contribution in [2.24, 2.45) is 0 Å². The van der Waals surface area contributed by atoms with Gasteiger partial charge in [0, 0.05) is 11.1 Å². The van der Waals surface area contributed by atoms with Crippen LogP contribution in [0.15, 0.2) is 121 Å². The Morgan fingerprint density at radius 3 is 0.816 bits per heavy atom. The molecular formula is C92H126O6.